The van der Waals surface area contributed by atoms with E-state index in [9.17, 15) is 75.0 Å². The SMILES string of the molecule is C[N+](C)(CC(=O)O)CC(F)C(F)(F)C(F)(F)C(F)(F)C(F)(F)C(F)(F)C(F)(F)C(F)(F)F. The molecule has 0 heterocycles. The Hall–Kier alpha value is -1.69. The molecule has 0 bridgehead atoms. The van der Waals surface area contributed by atoms with Crippen molar-refractivity contribution in [2.24, 2.45) is 0 Å². The third-order valence-electron chi connectivity index (χ3n) is 3.96. The van der Waals surface area contributed by atoms with Gasteiger partial charge in [0.05, 0.1) is 14.1 Å². The van der Waals surface area contributed by atoms with Crippen LogP contribution in [0.25, 0.3) is 0 Å². The van der Waals surface area contributed by atoms with E-state index in [0.717, 1.165) is 0 Å². The average Bonchev–Trinajstić information content (AvgIpc) is 2.50. The number of likely N-dealkylation sites (N-methyl/N-ethyl adjacent to an activating group) is 1. The van der Waals surface area contributed by atoms with Crippen molar-refractivity contribution in [1.82, 2.24) is 0 Å². The Balaban J connectivity index is 6.45. The Morgan fingerprint density at radius 3 is 1.31 bits per heavy atom. The van der Waals surface area contributed by atoms with Crippen LogP contribution in [0.3, 0.4) is 0 Å². The molecule has 0 fully saturated rings. The number of hydrogen-bond acceptors (Lipinski definition) is 1. The lowest BCUT2D eigenvalue weighted by molar-refractivity contribution is -0.886. The van der Waals surface area contributed by atoms with Crippen molar-refractivity contribution in [3.05, 3.63) is 0 Å². The number of nitrogens with zero attached hydrogens (tertiary/aromatic N) is 1. The molecule has 0 aromatic heterocycles. The minimum atomic E-state index is -8.50. The topological polar surface area (TPSA) is 37.3 Å². The number of aliphatic carboxylic acids is 1. The third-order valence-corrected chi connectivity index (χ3v) is 3.96. The molecule has 32 heavy (non-hydrogen) atoms. The van der Waals surface area contributed by atoms with Gasteiger partial charge in [-0.05, 0) is 0 Å². The molecule has 0 aliphatic heterocycles. The zero-order chi connectivity index (χ0) is 26.6. The molecule has 0 saturated carbocycles. The molecule has 1 atom stereocenters. The van der Waals surface area contributed by atoms with Gasteiger partial charge in [-0.3, -0.25) is 0 Å². The van der Waals surface area contributed by atoms with Gasteiger partial charge in [0, 0.05) is 0 Å². The standard InChI is InChI=1S/C13H11F16NO2/c1-30(2,4-6(31)32)3-5(14)7(15,16)8(17,18)9(19,20)10(21,22)11(23,24)12(25,26)13(27,28)29/h5H,3-4H2,1-2H3/p+1. The van der Waals surface area contributed by atoms with E-state index in [1.807, 2.05) is 0 Å². The van der Waals surface area contributed by atoms with Crippen molar-refractivity contribution in [2.75, 3.05) is 27.2 Å². The van der Waals surface area contributed by atoms with Crippen LogP contribution in [0.1, 0.15) is 0 Å². The summed E-state index contributed by atoms with van der Waals surface area (Å²) < 4.78 is 207. The molecule has 192 valence electrons. The summed E-state index contributed by atoms with van der Waals surface area (Å²) in [6.07, 6.45) is -12.4. The Kier molecular flexibility index (Phi) is 7.54. The van der Waals surface area contributed by atoms with Crippen LogP contribution in [0.2, 0.25) is 0 Å². The summed E-state index contributed by atoms with van der Waals surface area (Å²) in [5, 5.41) is 8.45. The largest absolute Gasteiger partial charge is 0.477 e. The number of carboxylic acid groups (broad SMARTS) is 1. The average molecular weight is 518 g/mol. The fourth-order valence-electron chi connectivity index (χ4n) is 2.15. The molecule has 0 spiro atoms. The molecule has 0 radical (unpaired) electrons. The molecule has 19 heteroatoms. The van der Waals surface area contributed by atoms with E-state index in [2.05, 4.69) is 0 Å². The zero-order valence-electron chi connectivity index (χ0n) is 15.3. The first-order valence-corrected chi connectivity index (χ1v) is 7.56. The predicted molar refractivity (Wildman–Crippen MR) is 70.1 cm³/mol. The summed E-state index contributed by atoms with van der Waals surface area (Å²) in [6.45, 7) is -3.49. The van der Waals surface area contributed by atoms with Gasteiger partial charge in [0.15, 0.2) is 6.54 Å². The number of halogens is 16. The second kappa shape index (κ2) is 7.96. The van der Waals surface area contributed by atoms with Crippen LogP contribution in [-0.2, 0) is 4.79 Å². The van der Waals surface area contributed by atoms with Gasteiger partial charge in [-0.2, -0.15) is 65.9 Å². The van der Waals surface area contributed by atoms with Crippen LogP contribution in [0, 0.1) is 0 Å². The summed E-state index contributed by atoms with van der Waals surface area (Å²) in [5.41, 5.74) is 0. The highest BCUT2D eigenvalue weighted by molar-refractivity contribution is 5.67. The molecular weight excluding hydrogens is 506 g/mol. The van der Waals surface area contributed by atoms with Gasteiger partial charge in [-0.15, -0.1) is 0 Å². The molecule has 0 aromatic carbocycles. The van der Waals surface area contributed by atoms with Crippen molar-refractivity contribution in [3.63, 3.8) is 0 Å². The van der Waals surface area contributed by atoms with Gasteiger partial charge in [0.1, 0.15) is 6.54 Å². The Morgan fingerprint density at radius 2 is 1.00 bits per heavy atom. The van der Waals surface area contributed by atoms with E-state index in [1.54, 1.807) is 0 Å². The van der Waals surface area contributed by atoms with Crippen molar-refractivity contribution in [2.45, 2.75) is 47.9 Å². The normalized spacial score (nSPS) is 16.8. The van der Waals surface area contributed by atoms with E-state index in [0.29, 0.717) is 14.1 Å². The highest BCUT2D eigenvalue weighted by Crippen LogP contribution is 2.62. The Morgan fingerprint density at radius 1 is 0.688 bits per heavy atom. The summed E-state index contributed by atoms with van der Waals surface area (Å²) in [5.74, 6) is -50.4. The van der Waals surface area contributed by atoms with E-state index >= 15 is 0 Å². The smallest absolute Gasteiger partial charge is 0.460 e. The van der Waals surface area contributed by atoms with Gasteiger partial charge in [-0.1, -0.05) is 0 Å². The molecule has 0 aromatic rings. The third kappa shape index (κ3) is 4.52. The lowest BCUT2D eigenvalue weighted by Crippen LogP contribution is -2.74. The number of carboxylic acids is 1. The first-order chi connectivity index (χ1) is 13.5. The van der Waals surface area contributed by atoms with Crippen LogP contribution in [-0.4, -0.2) is 90.6 Å². The number of hydrogen-bond donors (Lipinski definition) is 1. The maximum Gasteiger partial charge on any atom is 0.460 e. The molecule has 0 aliphatic carbocycles. The van der Waals surface area contributed by atoms with Crippen molar-refractivity contribution in [1.29, 1.82) is 0 Å². The second-order valence-corrected chi connectivity index (χ2v) is 7.13. The Bertz CT molecular complexity index is 699. The molecule has 0 rings (SSSR count). The van der Waals surface area contributed by atoms with E-state index in [4.69, 9.17) is 5.11 Å². The maximum absolute atomic E-state index is 13.7. The lowest BCUT2D eigenvalue weighted by Gasteiger charge is -2.42. The summed E-state index contributed by atoms with van der Waals surface area (Å²) in [6, 6.07) is 0. The monoisotopic (exact) mass is 518 g/mol. The van der Waals surface area contributed by atoms with Crippen LogP contribution in [0.4, 0.5) is 70.2 Å². The molecule has 1 N–H and O–H groups in total. The van der Waals surface area contributed by atoms with Crippen molar-refractivity contribution < 1.29 is 84.6 Å². The molecule has 0 aliphatic rings. The first-order valence-electron chi connectivity index (χ1n) is 7.56. The number of alkyl halides is 16. The second-order valence-electron chi connectivity index (χ2n) is 7.13. The van der Waals surface area contributed by atoms with Gasteiger partial charge >= 0.3 is 47.7 Å². The van der Waals surface area contributed by atoms with E-state index in [1.165, 1.54) is 0 Å². The molecule has 1 unspecified atom stereocenters. The number of quaternary nitrogens is 1. The van der Waals surface area contributed by atoms with E-state index in [-0.39, 0.29) is 0 Å². The van der Waals surface area contributed by atoms with Crippen molar-refractivity contribution >= 4 is 5.97 Å². The molecule has 3 nitrogen and oxygen atoms in total. The maximum atomic E-state index is 13.7. The molecular formula is C13H12F16NO2+. The van der Waals surface area contributed by atoms with Gasteiger partial charge < -0.3 is 9.59 Å². The highest BCUT2D eigenvalue weighted by atomic mass is 19.4. The van der Waals surface area contributed by atoms with Crippen LogP contribution in [0.5, 0.6) is 0 Å². The Labute approximate surface area is 167 Å². The van der Waals surface area contributed by atoms with Crippen LogP contribution < -0.4 is 0 Å². The quantitative estimate of drug-likeness (QED) is 0.332. The fraction of sp³-hybridized carbons (Fsp3) is 0.923. The fourth-order valence-corrected chi connectivity index (χ4v) is 2.15. The summed E-state index contributed by atoms with van der Waals surface area (Å²) >= 11 is 0. The summed E-state index contributed by atoms with van der Waals surface area (Å²) in [7, 11) is 1.08. The minimum Gasteiger partial charge on any atom is -0.477 e. The van der Waals surface area contributed by atoms with Crippen LogP contribution in [0.15, 0.2) is 0 Å². The van der Waals surface area contributed by atoms with Crippen LogP contribution >= 0.6 is 0 Å². The zero-order valence-corrected chi connectivity index (χ0v) is 15.3. The molecule has 0 saturated heterocycles. The number of carbonyl (C=O) groups is 1. The summed E-state index contributed by atoms with van der Waals surface area (Å²) in [4.78, 5) is 10.5. The lowest BCUT2D eigenvalue weighted by atomic mass is 9.89. The van der Waals surface area contributed by atoms with Gasteiger partial charge in [-0.25, -0.2) is 9.18 Å². The van der Waals surface area contributed by atoms with Crippen molar-refractivity contribution in [3.8, 4) is 0 Å². The number of rotatable bonds is 10. The molecule has 0 amide bonds. The van der Waals surface area contributed by atoms with Gasteiger partial charge in [0.2, 0.25) is 6.17 Å². The predicted octanol–water partition coefficient (Wildman–Crippen LogP) is 4.86. The first kappa shape index (κ1) is 30.3. The van der Waals surface area contributed by atoms with E-state index < -0.39 is 71.4 Å². The minimum absolute atomic E-state index is 0.541. The highest BCUT2D eigenvalue weighted by Gasteiger charge is 2.94. The van der Waals surface area contributed by atoms with Gasteiger partial charge in [0.25, 0.3) is 0 Å².